The highest BCUT2D eigenvalue weighted by atomic mass is 19.1. The normalized spacial score (nSPS) is 15.6. The van der Waals surface area contributed by atoms with Crippen LogP contribution in [0.25, 0.3) is 0 Å². The summed E-state index contributed by atoms with van der Waals surface area (Å²) in [5.74, 6) is -0.351. The van der Waals surface area contributed by atoms with Crippen LogP contribution in [0.15, 0.2) is 48.5 Å². The fourth-order valence-corrected chi connectivity index (χ4v) is 2.98. The molecule has 0 atom stereocenters. The van der Waals surface area contributed by atoms with Gasteiger partial charge in [-0.25, -0.2) is 9.18 Å². The molecule has 0 aromatic heterocycles. The van der Waals surface area contributed by atoms with Gasteiger partial charge in [-0.05, 0) is 28.8 Å². The lowest BCUT2D eigenvalue weighted by Gasteiger charge is -2.46. The molecule has 0 saturated carbocycles. The van der Waals surface area contributed by atoms with Crippen LogP contribution in [0.2, 0.25) is 0 Å². The van der Waals surface area contributed by atoms with E-state index in [0.29, 0.717) is 18.7 Å². The van der Waals surface area contributed by atoms with Gasteiger partial charge >= 0.3 is 6.03 Å². The topological polar surface area (TPSA) is 61.8 Å². The van der Waals surface area contributed by atoms with Crippen molar-refractivity contribution in [3.63, 3.8) is 0 Å². The molecule has 3 rings (SSSR count). The molecule has 132 valence electrons. The molecule has 6 heteroatoms. The summed E-state index contributed by atoms with van der Waals surface area (Å²) >= 11 is 0. The Morgan fingerprint density at radius 2 is 1.84 bits per heavy atom. The average Bonchev–Trinajstić information content (AvgIpc) is 2.59. The number of carbonyl (C=O) groups excluding carboxylic acids is 1. The Bertz CT molecular complexity index is 743. The van der Waals surface area contributed by atoms with Crippen molar-refractivity contribution in [2.24, 2.45) is 0 Å². The van der Waals surface area contributed by atoms with E-state index in [-0.39, 0.29) is 24.9 Å². The fourth-order valence-electron chi connectivity index (χ4n) is 2.98. The molecular formula is C19H21FN2O3. The van der Waals surface area contributed by atoms with Crippen LogP contribution in [0.4, 0.5) is 9.18 Å². The van der Waals surface area contributed by atoms with Gasteiger partial charge in [0.05, 0.1) is 19.7 Å². The largest absolute Gasteiger partial charge is 0.381 e. The maximum atomic E-state index is 13.0. The number of nitrogens with zero attached hydrogens (tertiary/aromatic N) is 1. The Balaban J connectivity index is 1.55. The van der Waals surface area contributed by atoms with E-state index in [1.807, 2.05) is 24.3 Å². The number of carbonyl (C=O) groups is 1. The Hall–Kier alpha value is -2.44. The number of urea groups is 1. The van der Waals surface area contributed by atoms with Gasteiger partial charge in [0.15, 0.2) is 0 Å². The minimum absolute atomic E-state index is 0.185. The summed E-state index contributed by atoms with van der Waals surface area (Å²) in [7, 11) is 1.63. The van der Waals surface area contributed by atoms with Crippen LogP contribution >= 0.6 is 0 Å². The Kier molecular flexibility index (Phi) is 5.01. The monoisotopic (exact) mass is 344 g/mol. The third kappa shape index (κ3) is 3.81. The van der Waals surface area contributed by atoms with Gasteiger partial charge in [0.25, 0.3) is 0 Å². The number of nitrogens with one attached hydrogen (secondary N) is 1. The molecule has 0 radical (unpaired) electrons. The first-order chi connectivity index (χ1) is 12.0. The minimum atomic E-state index is -1.11. The van der Waals surface area contributed by atoms with Crippen molar-refractivity contribution in [3.8, 4) is 0 Å². The second kappa shape index (κ2) is 7.21. The van der Waals surface area contributed by atoms with E-state index in [9.17, 15) is 14.3 Å². The van der Waals surface area contributed by atoms with Crippen LogP contribution in [0.3, 0.4) is 0 Å². The van der Waals surface area contributed by atoms with Crippen molar-refractivity contribution in [1.82, 2.24) is 10.2 Å². The Morgan fingerprint density at radius 3 is 2.48 bits per heavy atom. The van der Waals surface area contributed by atoms with Crippen LogP contribution in [0.1, 0.15) is 16.7 Å². The molecule has 25 heavy (non-hydrogen) atoms. The van der Waals surface area contributed by atoms with Gasteiger partial charge in [0, 0.05) is 13.7 Å². The molecule has 1 aliphatic rings. The van der Waals surface area contributed by atoms with Gasteiger partial charge < -0.3 is 20.1 Å². The summed E-state index contributed by atoms with van der Waals surface area (Å²) in [5, 5.41) is 13.4. The number of ether oxygens (including phenoxy) is 1. The maximum absolute atomic E-state index is 13.0. The summed E-state index contributed by atoms with van der Waals surface area (Å²) in [6.07, 6.45) is 0. The highest BCUT2D eigenvalue weighted by molar-refractivity contribution is 5.75. The molecule has 2 aromatic carbocycles. The van der Waals surface area contributed by atoms with Gasteiger partial charge in [-0.15, -0.1) is 0 Å². The first kappa shape index (κ1) is 17.4. The summed E-state index contributed by atoms with van der Waals surface area (Å²) in [6.45, 7) is 1.25. The molecule has 0 spiro atoms. The lowest BCUT2D eigenvalue weighted by Crippen LogP contribution is -2.63. The van der Waals surface area contributed by atoms with Crippen LogP contribution in [0.5, 0.6) is 0 Å². The number of methoxy groups -OCH3 is 1. The van der Waals surface area contributed by atoms with E-state index in [4.69, 9.17) is 4.74 Å². The molecule has 1 aliphatic heterocycles. The summed E-state index contributed by atoms with van der Waals surface area (Å²) in [5.41, 5.74) is 1.52. The van der Waals surface area contributed by atoms with Gasteiger partial charge in [-0.1, -0.05) is 36.4 Å². The van der Waals surface area contributed by atoms with Gasteiger partial charge in [0.2, 0.25) is 0 Å². The second-order valence-electron chi connectivity index (χ2n) is 6.25. The Morgan fingerprint density at radius 1 is 1.20 bits per heavy atom. The third-order valence-electron chi connectivity index (χ3n) is 4.42. The van der Waals surface area contributed by atoms with Crippen LogP contribution < -0.4 is 5.32 Å². The lowest BCUT2D eigenvalue weighted by atomic mass is 9.86. The van der Waals surface area contributed by atoms with Crippen molar-refractivity contribution in [2.45, 2.75) is 18.8 Å². The number of halogens is 1. The zero-order chi connectivity index (χ0) is 17.9. The standard InChI is InChI=1S/C19H21FN2O3/c1-25-11-15-5-3-2-4-14(15)10-21-18(23)22-12-19(24,13-22)16-6-8-17(20)9-7-16/h2-9,24H,10-13H2,1H3,(H,21,23). The number of hydrogen-bond donors (Lipinski definition) is 2. The zero-order valence-electron chi connectivity index (χ0n) is 14.0. The van der Waals surface area contributed by atoms with E-state index in [0.717, 1.165) is 11.1 Å². The average molecular weight is 344 g/mol. The van der Waals surface area contributed by atoms with Crippen molar-refractivity contribution in [3.05, 3.63) is 71.0 Å². The number of aliphatic hydroxyl groups is 1. The van der Waals surface area contributed by atoms with E-state index in [2.05, 4.69) is 5.32 Å². The van der Waals surface area contributed by atoms with Crippen molar-refractivity contribution in [2.75, 3.05) is 20.2 Å². The summed E-state index contributed by atoms with van der Waals surface area (Å²) < 4.78 is 18.1. The van der Waals surface area contributed by atoms with E-state index in [1.54, 1.807) is 19.2 Å². The molecule has 2 N–H and O–H groups in total. The zero-order valence-corrected chi connectivity index (χ0v) is 14.0. The molecule has 0 bridgehead atoms. The van der Waals surface area contributed by atoms with Crippen molar-refractivity contribution >= 4 is 6.03 Å². The SMILES string of the molecule is COCc1ccccc1CNC(=O)N1CC(O)(c2ccc(F)cc2)C1. The first-order valence-corrected chi connectivity index (χ1v) is 8.09. The van der Waals surface area contributed by atoms with E-state index in [1.165, 1.54) is 17.0 Å². The molecule has 2 aromatic rings. The number of β-amino-alcohol motifs (C(OH)–C–C–N with tert-alkyl or cyclic N) is 1. The van der Waals surface area contributed by atoms with Crippen molar-refractivity contribution < 1.29 is 19.0 Å². The second-order valence-corrected chi connectivity index (χ2v) is 6.25. The number of amides is 2. The highest BCUT2D eigenvalue weighted by Crippen LogP contribution is 2.31. The molecular weight excluding hydrogens is 323 g/mol. The van der Waals surface area contributed by atoms with E-state index < -0.39 is 5.60 Å². The van der Waals surface area contributed by atoms with Crippen LogP contribution in [0, 0.1) is 5.82 Å². The van der Waals surface area contributed by atoms with Gasteiger partial charge in [-0.3, -0.25) is 0 Å². The van der Waals surface area contributed by atoms with Gasteiger partial charge in [0.1, 0.15) is 11.4 Å². The van der Waals surface area contributed by atoms with Crippen molar-refractivity contribution in [1.29, 1.82) is 0 Å². The Labute approximate surface area is 146 Å². The summed E-state index contributed by atoms with van der Waals surface area (Å²) in [6, 6.07) is 13.2. The molecule has 1 fully saturated rings. The fraction of sp³-hybridized carbons (Fsp3) is 0.316. The van der Waals surface area contributed by atoms with E-state index >= 15 is 0 Å². The first-order valence-electron chi connectivity index (χ1n) is 8.09. The molecule has 1 saturated heterocycles. The smallest absolute Gasteiger partial charge is 0.317 e. The van der Waals surface area contributed by atoms with Gasteiger partial charge in [-0.2, -0.15) is 0 Å². The lowest BCUT2D eigenvalue weighted by molar-refractivity contribution is -0.0816. The number of benzene rings is 2. The molecule has 5 nitrogen and oxygen atoms in total. The highest BCUT2D eigenvalue weighted by Gasteiger charge is 2.44. The predicted octanol–water partition coefficient (Wildman–Crippen LogP) is 2.39. The molecule has 0 aliphatic carbocycles. The molecule has 2 amide bonds. The quantitative estimate of drug-likeness (QED) is 0.875. The summed E-state index contributed by atoms with van der Waals surface area (Å²) in [4.78, 5) is 13.8. The number of hydrogen-bond acceptors (Lipinski definition) is 3. The van der Waals surface area contributed by atoms with Crippen LogP contribution in [-0.2, 0) is 23.5 Å². The molecule has 1 heterocycles. The van der Waals surface area contributed by atoms with Crippen LogP contribution in [-0.4, -0.2) is 36.2 Å². The number of rotatable bonds is 5. The minimum Gasteiger partial charge on any atom is -0.381 e. The maximum Gasteiger partial charge on any atom is 0.317 e. The predicted molar refractivity (Wildman–Crippen MR) is 91.3 cm³/mol. The number of likely N-dealkylation sites (tertiary alicyclic amines) is 1. The molecule has 0 unspecified atom stereocenters. The third-order valence-corrected chi connectivity index (χ3v) is 4.42.